The van der Waals surface area contributed by atoms with Crippen LogP contribution in [0.3, 0.4) is 0 Å². The van der Waals surface area contributed by atoms with Crippen molar-refractivity contribution in [2.24, 2.45) is 5.92 Å². The third kappa shape index (κ3) is 4.14. The Morgan fingerprint density at radius 3 is 2.46 bits per heavy atom. The van der Waals surface area contributed by atoms with Crippen LogP contribution in [-0.4, -0.2) is 27.2 Å². The molecule has 1 heterocycles. The van der Waals surface area contributed by atoms with Crippen molar-refractivity contribution in [3.8, 4) is 11.5 Å². The van der Waals surface area contributed by atoms with Crippen molar-refractivity contribution in [3.63, 3.8) is 0 Å². The monoisotopic (exact) mass is 381 g/mol. The minimum absolute atomic E-state index is 0.416. The van der Waals surface area contributed by atoms with E-state index >= 15 is 0 Å². The van der Waals surface area contributed by atoms with Gasteiger partial charge in [-0.1, -0.05) is 13.8 Å². The summed E-state index contributed by atoms with van der Waals surface area (Å²) in [5.41, 5.74) is 3.96. The summed E-state index contributed by atoms with van der Waals surface area (Å²) >= 11 is 0. The molecule has 7 nitrogen and oxygen atoms in total. The van der Waals surface area contributed by atoms with Crippen molar-refractivity contribution >= 4 is 28.5 Å². The maximum Gasteiger partial charge on any atom is 0.394 e. The Kier molecular flexibility index (Phi) is 5.35. The van der Waals surface area contributed by atoms with Crippen molar-refractivity contribution in [1.82, 2.24) is 10.2 Å². The summed E-state index contributed by atoms with van der Waals surface area (Å²) in [7, 11) is 0. The molecular weight excluding hydrogens is 358 g/mol. The highest BCUT2D eigenvalue weighted by Crippen LogP contribution is 2.33. The second kappa shape index (κ2) is 7.72. The summed E-state index contributed by atoms with van der Waals surface area (Å²) in [5.74, 6) is -0.739. The van der Waals surface area contributed by atoms with Crippen LogP contribution in [0.4, 0.5) is 5.69 Å². The lowest BCUT2D eigenvalue weighted by atomic mass is 10.0. The van der Waals surface area contributed by atoms with Gasteiger partial charge in [0.2, 0.25) is 0 Å². The average Bonchev–Trinajstić information content (AvgIpc) is 2.99. The van der Waals surface area contributed by atoms with Crippen molar-refractivity contribution in [2.75, 3.05) is 5.32 Å². The van der Waals surface area contributed by atoms with E-state index in [4.69, 9.17) is 9.84 Å². The Labute approximate surface area is 162 Å². The number of carbonyl (C=O) groups excluding carboxylic acids is 1. The minimum Gasteiger partial charge on any atom is -0.474 e. The fourth-order valence-electron chi connectivity index (χ4n) is 3.16. The van der Waals surface area contributed by atoms with Crippen molar-refractivity contribution in [2.45, 2.75) is 34.1 Å². The molecule has 0 saturated heterocycles. The molecule has 0 aliphatic heterocycles. The molecule has 2 aromatic carbocycles. The number of aromatic nitrogens is 2. The molecule has 146 valence electrons. The predicted octanol–water partition coefficient (Wildman–Crippen LogP) is 4.19. The Morgan fingerprint density at radius 1 is 1.18 bits per heavy atom. The Balaban J connectivity index is 1.88. The van der Waals surface area contributed by atoms with E-state index in [1.165, 1.54) is 0 Å². The number of benzene rings is 2. The fourth-order valence-corrected chi connectivity index (χ4v) is 3.16. The van der Waals surface area contributed by atoms with Crippen LogP contribution in [0.5, 0.6) is 11.5 Å². The highest BCUT2D eigenvalue weighted by Gasteiger charge is 2.15. The van der Waals surface area contributed by atoms with Crippen LogP contribution >= 0.6 is 0 Å². The number of carboxylic acids is 1. The summed E-state index contributed by atoms with van der Waals surface area (Å²) in [6, 6.07) is 9.11. The van der Waals surface area contributed by atoms with E-state index in [2.05, 4.69) is 29.4 Å². The van der Waals surface area contributed by atoms with E-state index in [0.717, 1.165) is 34.1 Å². The molecule has 0 bridgehead atoms. The maximum atomic E-state index is 11.4. The van der Waals surface area contributed by atoms with E-state index in [-0.39, 0.29) is 0 Å². The third-order valence-corrected chi connectivity index (χ3v) is 4.35. The number of ether oxygens (including phenoxy) is 1. The summed E-state index contributed by atoms with van der Waals surface area (Å²) in [4.78, 5) is 22.1. The van der Waals surface area contributed by atoms with Crippen LogP contribution < -0.4 is 10.1 Å². The topological polar surface area (TPSA) is 104 Å². The Morgan fingerprint density at radius 2 is 1.86 bits per heavy atom. The summed E-state index contributed by atoms with van der Waals surface area (Å²) in [5, 5.41) is 19.6. The number of amides is 1. The number of carbonyl (C=O) groups is 2. The number of fused-ring (bicyclic) bond motifs is 1. The van der Waals surface area contributed by atoms with E-state index in [1.54, 1.807) is 12.1 Å². The van der Waals surface area contributed by atoms with Crippen molar-refractivity contribution < 1.29 is 19.4 Å². The fraction of sp³-hybridized carbons (Fsp3) is 0.286. The van der Waals surface area contributed by atoms with Crippen molar-refractivity contribution in [3.05, 3.63) is 47.2 Å². The summed E-state index contributed by atoms with van der Waals surface area (Å²) in [6.45, 7) is 8.01. The molecule has 7 heteroatoms. The molecule has 0 radical (unpaired) electrons. The largest absolute Gasteiger partial charge is 0.474 e. The second-order valence-corrected chi connectivity index (χ2v) is 7.28. The van der Waals surface area contributed by atoms with Gasteiger partial charge in [0.15, 0.2) is 0 Å². The summed E-state index contributed by atoms with van der Waals surface area (Å²) < 4.78 is 6.11. The van der Waals surface area contributed by atoms with E-state index < -0.39 is 11.9 Å². The lowest BCUT2D eigenvalue weighted by Crippen LogP contribution is -2.21. The SMILES string of the molecule is Cc1cc(NC(=O)C(=O)O)cc(C)c1Oc1ccc2n[nH]c(CC(C)C)c2c1. The molecule has 0 aliphatic rings. The van der Waals surface area contributed by atoms with Gasteiger partial charge in [-0.3, -0.25) is 9.89 Å². The molecule has 3 rings (SSSR count). The number of carboxylic acid groups (broad SMARTS) is 1. The molecule has 28 heavy (non-hydrogen) atoms. The number of anilines is 1. The highest BCUT2D eigenvalue weighted by atomic mass is 16.5. The first-order valence-corrected chi connectivity index (χ1v) is 9.05. The molecule has 0 unspecified atom stereocenters. The number of aryl methyl sites for hydroxylation is 2. The molecule has 0 spiro atoms. The molecule has 0 atom stereocenters. The average molecular weight is 381 g/mol. The number of nitrogens with zero attached hydrogens (tertiary/aromatic N) is 1. The molecule has 1 aromatic heterocycles. The minimum atomic E-state index is -1.53. The number of aliphatic carboxylic acids is 1. The first-order valence-electron chi connectivity index (χ1n) is 9.05. The van der Waals surface area contributed by atoms with Crippen LogP contribution in [0.25, 0.3) is 10.9 Å². The molecule has 3 aromatic rings. The number of aromatic amines is 1. The number of hydrogen-bond donors (Lipinski definition) is 3. The van der Waals surface area contributed by atoms with Crippen LogP contribution in [0.15, 0.2) is 30.3 Å². The first-order chi connectivity index (χ1) is 13.2. The van der Waals surface area contributed by atoms with Crippen LogP contribution in [0, 0.1) is 19.8 Å². The van der Waals surface area contributed by atoms with Gasteiger partial charge >= 0.3 is 11.9 Å². The highest BCUT2D eigenvalue weighted by molar-refractivity contribution is 6.36. The lowest BCUT2D eigenvalue weighted by Gasteiger charge is -2.14. The van der Waals surface area contributed by atoms with E-state index in [9.17, 15) is 9.59 Å². The van der Waals surface area contributed by atoms with E-state index in [0.29, 0.717) is 23.1 Å². The molecule has 0 saturated carbocycles. The number of rotatable bonds is 5. The second-order valence-electron chi connectivity index (χ2n) is 7.28. The first kappa shape index (κ1) is 19.4. The Bertz CT molecular complexity index is 1030. The van der Waals surface area contributed by atoms with Gasteiger partial charge in [-0.15, -0.1) is 0 Å². The van der Waals surface area contributed by atoms with Crippen molar-refractivity contribution in [1.29, 1.82) is 0 Å². The van der Waals surface area contributed by atoms with Crippen LogP contribution in [0.1, 0.15) is 30.7 Å². The third-order valence-electron chi connectivity index (χ3n) is 4.35. The zero-order chi connectivity index (χ0) is 20.4. The van der Waals surface area contributed by atoms with Gasteiger partial charge in [0.1, 0.15) is 11.5 Å². The van der Waals surface area contributed by atoms with Crippen LogP contribution in [0.2, 0.25) is 0 Å². The zero-order valence-electron chi connectivity index (χ0n) is 16.3. The van der Waals surface area contributed by atoms with Gasteiger partial charge in [-0.05, 0) is 67.6 Å². The molecule has 0 fully saturated rings. The zero-order valence-corrected chi connectivity index (χ0v) is 16.3. The Hall–Kier alpha value is -3.35. The lowest BCUT2D eigenvalue weighted by molar-refractivity contribution is -0.147. The molecular formula is C21H23N3O4. The normalized spacial score (nSPS) is 11.0. The maximum absolute atomic E-state index is 11.4. The number of hydrogen-bond acceptors (Lipinski definition) is 4. The van der Waals surface area contributed by atoms with Crippen LogP contribution in [-0.2, 0) is 16.0 Å². The molecule has 0 aliphatic carbocycles. The predicted molar refractivity (Wildman–Crippen MR) is 107 cm³/mol. The van der Waals surface area contributed by atoms with Gasteiger partial charge in [0.25, 0.3) is 0 Å². The molecule has 3 N–H and O–H groups in total. The van der Waals surface area contributed by atoms with Gasteiger partial charge < -0.3 is 15.2 Å². The van der Waals surface area contributed by atoms with Gasteiger partial charge in [0, 0.05) is 16.8 Å². The van der Waals surface area contributed by atoms with Gasteiger partial charge in [0.05, 0.1) is 5.52 Å². The quantitative estimate of drug-likeness (QED) is 0.575. The standard InChI is InChI=1S/C21H23N3O4/c1-11(2)7-18-16-10-15(5-6-17(16)23-24-18)28-19-12(3)8-14(9-13(19)4)22-20(25)21(26)27/h5-6,8-11H,7H2,1-4H3,(H,22,25)(H,23,24)(H,26,27). The summed E-state index contributed by atoms with van der Waals surface area (Å²) in [6.07, 6.45) is 0.899. The van der Waals surface area contributed by atoms with Gasteiger partial charge in [-0.25, -0.2) is 4.79 Å². The number of nitrogens with one attached hydrogen (secondary N) is 2. The smallest absolute Gasteiger partial charge is 0.394 e. The molecule has 1 amide bonds. The number of H-pyrrole nitrogens is 1. The van der Waals surface area contributed by atoms with E-state index in [1.807, 2.05) is 32.0 Å². The van der Waals surface area contributed by atoms with Gasteiger partial charge in [-0.2, -0.15) is 5.10 Å².